The number of hydrogen-bond donors (Lipinski definition) is 4. The van der Waals surface area contributed by atoms with Crippen LogP contribution in [0.25, 0.3) is 0 Å². The molecule has 7 nitrogen and oxygen atoms in total. The van der Waals surface area contributed by atoms with E-state index in [0.717, 1.165) is 11.1 Å². The fraction of sp³-hybridized carbons (Fsp3) is 0.348. The van der Waals surface area contributed by atoms with Crippen LogP contribution in [0.5, 0.6) is 0 Å². The SMILES string of the molecule is CC(C)CC1(C)NC(=N)N(Cc2cccc(CNC(=O)Nc3ccc(Cl)c(Cl)c3)c2)C1=O. The smallest absolute Gasteiger partial charge is 0.319 e. The lowest BCUT2D eigenvalue weighted by atomic mass is 9.91. The van der Waals surface area contributed by atoms with Gasteiger partial charge in [-0.2, -0.15) is 0 Å². The zero-order valence-electron chi connectivity index (χ0n) is 18.3. The molecule has 4 N–H and O–H groups in total. The Morgan fingerprint density at radius 3 is 2.56 bits per heavy atom. The molecule has 0 aromatic heterocycles. The molecule has 1 atom stereocenters. The van der Waals surface area contributed by atoms with Crippen molar-refractivity contribution in [3.8, 4) is 0 Å². The van der Waals surface area contributed by atoms with E-state index in [0.29, 0.717) is 41.2 Å². The molecule has 2 aromatic rings. The van der Waals surface area contributed by atoms with E-state index in [9.17, 15) is 9.59 Å². The molecule has 3 amide bonds. The normalized spacial score (nSPS) is 18.1. The molecule has 0 saturated carbocycles. The van der Waals surface area contributed by atoms with E-state index >= 15 is 0 Å². The maximum Gasteiger partial charge on any atom is 0.319 e. The zero-order valence-corrected chi connectivity index (χ0v) is 19.8. The summed E-state index contributed by atoms with van der Waals surface area (Å²) in [6.07, 6.45) is 0.655. The Balaban J connectivity index is 1.59. The second-order valence-corrected chi connectivity index (χ2v) is 9.37. The first kappa shape index (κ1) is 23.9. The molecule has 0 aliphatic carbocycles. The number of hydrogen-bond acceptors (Lipinski definition) is 3. The van der Waals surface area contributed by atoms with Crippen molar-refractivity contribution in [1.82, 2.24) is 15.5 Å². The van der Waals surface area contributed by atoms with Crippen LogP contribution in [0.1, 0.15) is 38.3 Å². The third kappa shape index (κ3) is 5.72. The minimum Gasteiger partial charge on any atom is -0.342 e. The Morgan fingerprint density at radius 2 is 1.88 bits per heavy atom. The lowest BCUT2D eigenvalue weighted by Crippen LogP contribution is -2.44. The Kier molecular flexibility index (Phi) is 7.31. The fourth-order valence-corrected chi connectivity index (χ4v) is 4.14. The van der Waals surface area contributed by atoms with Gasteiger partial charge in [0.1, 0.15) is 5.54 Å². The predicted molar refractivity (Wildman–Crippen MR) is 128 cm³/mol. The van der Waals surface area contributed by atoms with E-state index < -0.39 is 5.54 Å². The summed E-state index contributed by atoms with van der Waals surface area (Å²) in [5.74, 6) is 0.344. The number of halogens is 2. The van der Waals surface area contributed by atoms with Gasteiger partial charge in [-0.15, -0.1) is 0 Å². The van der Waals surface area contributed by atoms with E-state index in [1.165, 1.54) is 4.90 Å². The first-order valence-corrected chi connectivity index (χ1v) is 11.1. The number of nitrogens with one attached hydrogen (secondary N) is 4. The molecule has 2 aromatic carbocycles. The van der Waals surface area contributed by atoms with Crippen molar-refractivity contribution in [1.29, 1.82) is 5.41 Å². The summed E-state index contributed by atoms with van der Waals surface area (Å²) >= 11 is 11.9. The molecule has 1 aliphatic rings. The van der Waals surface area contributed by atoms with E-state index in [1.54, 1.807) is 18.2 Å². The minimum absolute atomic E-state index is 0.0965. The first-order valence-electron chi connectivity index (χ1n) is 10.3. The number of urea groups is 1. The number of rotatable bonds is 7. The number of anilines is 1. The molecule has 170 valence electrons. The van der Waals surface area contributed by atoms with Crippen molar-refractivity contribution in [2.24, 2.45) is 5.92 Å². The van der Waals surface area contributed by atoms with Crippen LogP contribution in [0, 0.1) is 11.3 Å². The molecule has 3 rings (SSSR count). The van der Waals surface area contributed by atoms with Crippen molar-refractivity contribution < 1.29 is 9.59 Å². The standard InChI is InChI=1S/C23H27Cl2N5O2/c1-14(2)11-23(3)20(31)30(21(26)29-23)13-16-6-4-5-15(9-16)12-27-22(32)28-17-7-8-18(24)19(25)10-17/h4-10,14H,11-13H2,1-3H3,(H2,26,29)(H2,27,28,32). The summed E-state index contributed by atoms with van der Waals surface area (Å²) in [5, 5.41) is 17.5. The number of amides is 3. The van der Waals surface area contributed by atoms with E-state index in [4.69, 9.17) is 28.6 Å². The first-order chi connectivity index (χ1) is 15.1. The van der Waals surface area contributed by atoms with Gasteiger partial charge in [0.15, 0.2) is 5.96 Å². The predicted octanol–water partition coefficient (Wildman–Crippen LogP) is 4.99. The van der Waals surface area contributed by atoms with Gasteiger partial charge in [-0.1, -0.05) is 61.3 Å². The second-order valence-electron chi connectivity index (χ2n) is 8.55. The van der Waals surface area contributed by atoms with Crippen LogP contribution in [0.15, 0.2) is 42.5 Å². The maximum absolute atomic E-state index is 12.9. The number of carbonyl (C=O) groups excluding carboxylic acids is 2. The van der Waals surface area contributed by atoms with Crippen LogP contribution in [0.3, 0.4) is 0 Å². The fourth-order valence-electron chi connectivity index (χ4n) is 3.84. The monoisotopic (exact) mass is 475 g/mol. The van der Waals surface area contributed by atoms with Crippen molar-refractivity contribution in [3.63, 3.8) is 0 Å². The van der Waals surface area contributed by atoms with E-state index in [-0.39, 0.29) is 17.9 Å². The molecule has 1 aliphatic heterocycles. The molecule has 9 heteroatoms. The van der Waals surface area contributed by atoms with Crippen LogP contribution in [-0.4, -0.2) is 28.3 Å². The molecule has 0 spiro atoms. The molecule has 1 heterocycles. The Bertz CT molecular complexity index is 1040. The van der Waals surface area contributed by atoms with Crippen LogP contribution < -0.4 is 16.0 Å². The molecule has 0 bridgehead atoms. The minimum atomic E-state index is -0.757. The molecule has 1 fully saturated rings. The Morgan fingerprint density at radius 1 is 1.16 bits per heavy atom. The van der Waals surface area contributed by atoms with Gasteiger partial charge in [0, 0.05) is 12.2 Å². The number of guanidine groups is 1. The van der Waals surface area contributed by atoms with Crippen molar-refractivity contribution >= 4 is 46.8 Å². The summed E-state index contributed by atoms with van der Waals surface area (Å²) < 4.78 is 0. The Hall–Kier alpha value is -2.77. The highest BCUT2D eigenvalue weighted by Gasteiger charge is 2.45. The Labute approximate surface area is 198 Å². The summed E-state index contributed by atoms with van der Waals surface area (Å²) in [7, 11) is 0. The van der Waals surface area contributed by atoms with Crippen molar-refractivity contribution in [2.45, 2.75) is 45.8 Å². The van der Waals surface area contributed by atoms with Gasteiger partial charge >= 0.3 is 6.03 Å². The van der Waals surface area contributed by atoms with E-state index in [2.05, 4.69) is 29.8 Å². The molecule has 0 radical (unpaired) electrons. The topological polar surface area (TPSA) is 97.3 Å². The average Bonchev–Trinajstić information content (AvgIpc) is 2.92. The van der Waals surface area contributed by atoms with Gasteiger partial charge in [0.05, 0.1) is 16.6 Å². The van der Waals surface area contributed by atoms with Gasteiger partial charge < -0.3 is 16.0 Å². The van der Waals surface area contributed by atoms with Gasteiger partial charge in [0.25, 0.3) is 5.91 Å². The quantitative estimate of drug-likeness (QED) is 0.454. The summed E-state index contributed by atoms with van der Waals surface area (Å²) in [4.78, 5) is 26.6. The summed E-state index contributed by atoms with van der Waals surface area (Å²) in [6, 6.07) is 12.1. The average molecular weight is 476 g/mol. The summed E-state index contributed by atoms with van der Waals surface area (Å²) in [5.41, 5.74) is 1.53. The lowest BCUT2D eigenvalue weighted by Gasteiger charge is -2.24. The molecule has 1 saturated heterocycles. The van der Waals surface area contributed by atoms with Gasteiger partial charge in [0.2, 0.25) is 0 Å². The lowest BCUT2D eigenvalue weighted by molar-refractivity contribution is -0.131. The van der Waals surface area contributed by atoms with Gasteiger partial charge in [-0.05, 0) is 48.6 Å². The zero-order chi connectivity index (χ0) is 23.5. The summed E-state index contributed by atoms with van der Waals surface area (Å²) in [6.45, 7) is 6.55. The van der Waals surface area contributed by atoms with Gasteiger partial charge in [-0.3, -0.25) is 15.1 Å². The molecular weight excluding hydrogens is 449 g/mol. The van der Waals surface area contributed by atoms with Crippen molar-refractivity contribution in [2.75, 3.05) is 5.32 Å². The number of carbonyl (C=O) groups is 2. The van der Waals surface area contributed by atoms with Crippen LogP contribution >= 0.6 is 23.2 Å². The third-order valence-corrected chi connectivity index (χ3v) is 5.90. The second kappa shape index (κ2) is 9.79. The largest absolute Gasteiger partial charge is 0.342 e. The number of benzene rings is 2. The highest BCUT2D eigenvalue weighted by Crippen LogP contribution is 2.26. The molecule has 32 heavy (non-hydrogen) atoms. The van der Waals surface area contributed by atoms with Crippen LogP contribution in [0.4, 0.5) is 10.5 Å². The van der Waals surface area contributed by atoms with Crippen molar-refractivity contribution in [3.05, 3.63) is 63.6 Å². The van der Waals surface area contributed by atoms with E-state index in [1.807, 2.05) is 31.2 Å². The third-order valence-electron chi connectivity index (χ3n) is 5.16. The highest BCUT2D eigenvalue weighted by molar-refractivity contribution is 6.42. The maximum atomic E-state index is 12.9. The molecule has 1 unspecified atom stereocenters. The van der Waals surface area contributed by atoms with Crippen LogP contribution in [0.2, 0.25) is 10.0 Å². The highest BCUT2D eigenvalue weighted by atomic mass is 35.5. The van der Waals surface area contributed by atoms with Crippen LogP contribution in [-0.2, 0) is 17.9 Å². The molecular formula is C23H27Cl2N5O2. The number of nitrogens with zero attached hydrogens (tertiary/aromatic N) is 1. The van der Waals surface area contributed by atoms with Gasteiger partial charge in [-0.25, -0.2) is 4.79 Å².